The van der Waals surface area contributed by atoms with Crippen LogP contribution in [0.4, 0.5) is 5.69 Å². The predicted molar refractivity (Wildman–Crippen MR) is 98.1 cm³/mol. The molecule has 0 spiro atoms. The van der Waals surface area contributed by atoms with Crippen LogP contribution in [0.2, 0.25) is 0 Å². The van der Waals surface area contributed by atoms with Crippen molar-refractivity contribution in [2.24, 2.45) is 11.7 Å². The van der Waals surface area contributed by atoms with Gasteiger partial charge in [0.1, 0.15) is 24.7 Å². The van der Waals surface area contributed by atoms with Gasteiger partial charge in [0.05, 0.1) is 18.8 Å². The van der Waals surface area contributed by atoms with E-state index < -0.39 is 0 Å². The summed E-state index contributed by atoms with van der Waals surface area (Å²) < 4.78 is 11.5. The van der Waals surface area contributed by atoms with E-state index in [1.165, 1.54) is 0 Å². The van der Waals surface area contributed by atoms with Crippen LogP contribution in [0.5, 0.6) is 11.5 Å². The standard InChI is InChI=1S/C20H24N2O3/c1-15(20(21)23)14-16-6-8-17(9-7-16)24-12-10-22-11-13-25-19-5-3-2-4-18(19)22/h2-9,15H,10-14H2,1H3,(H2,21,23). The molecule has 2 N–H and O–H groups in total. The Labute approximate surface area is 148 Å². The fraction of sp³-hybridized carbons (Fsp3) is 0.350. The van der Waals surface area contributed by atoms with Gasteiger partial charge in [-0.1, -0.05) is 31.2 Å². The summed E-state index contributed by atoms with van der Waals surface area (Å²) in [6, 6.07) is 15.9. The SMILES string of the molecule is CC(Cc1ccc(OCCN2CCOc3ccccc32)cc1)C(N)=O. The Morgan fingerprint density at radius 1 is 1.24 bits per heavy atom. The molecule has 3 rings (SSSR count). The Hall–Kier alpha value is -2.69. The molecule has 1 aliphatic rings. The van der Waals surface area contributed by atoms with Crippen molar-refractivity contribution in [1.82, 2.24) is 0 Å². The van der Waals surface area contributed by atoms with Crippen molar-refractivity contribution in [2.45, 2.75) is 13.3 Å². The third kappa shape index (κ3) is 4.44. The van der Waals surface area contributed by atoms with Crippen LogP contribution in [0.3, 0.4) is 0 Å². The molecule has 0 saturated heterocycles. The van der Waals surface area contributed by atoms with Crippen molar-refractivity contribution in [1.29, 1.82) is 0 Å². The highest BCUT2D eigenvalue weighted by Gasteiger charge is 2.17. The summed E-state index contributed by atoms with van der Waals surface area (Å²) in [6.07, 6.45) is 0.653. The first kappa shape index (κ1) is 17.1. The van der Waals surface area contributed by atoms with E-state index in [0.717, 1.165) is 35.8 Å². The van der Waals surface area contributed by atoms with E-state index in [9.17, 15) is 4.79 Å². The molecule has 2 aromatic carbocycles. The molecule has 1 amide bonds. The molecule has 2 aromatic rings. The van der Waals surface area contributed by atoms with Crippen LogP contribution in [-0.4, -0.2) is 32.2 Å². The van der Waals surface area contributed by atoms with Gasteiger partial charge in [0.25, 0.3) is 0 Å². The molecule has 5 nitrogen and oxygen atoms in total. The molecule has 1 unspecified atom stereocenters. The largest absolute Gasteiger partial charge is 0.492 e. The van der Waals surface area contributed by atoms with Crippen LogP contribution in [0.1, 0.15) is 12.5 Å². The quantitative estimate of drug-likeness (QED) is 0.841. The van der Waals surface area contributed by atoms with Crippen molar-refractivity contribution in [3.63, 3.8) is 0 Å². The Kier molecular flexibility index (Phi) is 5.43. The van der Waals surface area contributed by atoms with Crippen LogP contribution >= 0.6 is 0 Å². The number of carbonyl (C=O) groups is 1. The summed E-state index contributed by atoms with van der Waals surface area (Å²) in [7, 11) is 0. The maximum atomic E-state index is 11.1. The molecule has 0 saturated carbocycles. The van der Waals surface area contributed by atoms with E-state index in [2.05, 4.69) is 11.0 Å². The molecule has 0 fully saturated rings. The van der Waals surface area contributed by atoms with Gasteiger partial charge in [-0.25, -0.2) is 0 Å². The summed E-state index contributed by atoms with van der Waals surface area (Å²) in [6.45, 7) is 4.81. The third-order valence-electron chi connectivity index (χ3n) is 4.41. The van der Waals surface area contributed by atoms with Gasteiger partial charge in [0.15, 0.2) is 0 Å². The van der Waals surface area contributed by atoms with E-state index in [1.54, 1.807) is 0 Å². The maximum Gasteiger partial charge on any atom is 0.220 e. The number of hydrogen-bond acceptors (Lipinski definition) is 4. The molecule has 0 bridgehead atoms. The Balaban J connectivity index is 1.50. The number of para-hydroxylation sites is 2. The molecule has 25 heavy (non-hydrogen) atoms. The molecule has 132 valence electrons. The maximum absolute atomic E-state index is 11.1. The van der Waals surface area contributed by atoms with Gasteiger partial charge in [0.2, 0.25) is 5.91 Å². The van der Waals surface area contributed by atoms with Gasteiger partial charge < -0.3 is 20.1 Å². The molecule has 5 heteroatoms. The van der Waals surface area contributed by atoms with Crippen molar-refractivity contribution >= 4 is 11.6 Å². The number of fused-ring (bicyclic) bond motifs is 1. The van der Waals surface area contributed by atoms with Crippen molar-refractivity contribution < 1.29 is 14.3 Å². The second-order valence-corrected chi connectivity index (χ2v) is 6.30. The second kappa shape index (κ2) is 7.92. The molecule has 0 radical (unpaired) electrons. The fourth-order valence-corrected chi connectivity index (χ4v) is 2.91. The first-order valence-corrected chi connectivity index (χ1v) is 8.61. The molecule has 1 heterocycles. The highest BCUT2D eigenvalue weighted by atomic mass is 16.5. The minimum absolute atomic E-state index is 0.159. The minimum Gasteiger partial charge on any atom is -0.492 e. The van der Waals surface area contributed by atoms with E-state index in [4.69, 9.17) is 15.2 Å². The van der Waals surface area contributed by atoms with Crippen molar-refractivity contribution in [3.8, 4) is 11.5 Å². The number of nitrogens with two attached hydrogens (primary N) is 1. The summed E-state index contributed by atoms with van der Waals surface area (Å²) in [4.78, 5) is 13.4. The Morgan fingerprint density at radius 3 is 2.76 bits per heavy atom. The lowest BCUT2D eigenvalue weighted by molar-refractivity contribution is -0.121. The second-order valence-electron chi connectivity index (χ2n) is 6.30. The minimum atomic E-state index is -0.272. The number of carbonyl (C=O) groups excluding carboxylic acids is 1. The van der Waals surface area contributed by atoms with Gasteiger partial charge >= 0.3 is 0 Å². The van der Waals surface area contributed by atoms with Crippen molar-refractivity contribution in [2.75, 3.05) is 31.2 Å². The zero-order valence-electron chi connectivity index (χ0n) is 14.5. The molecule has 1 aliphatic heterocycles. The monoisotopic (exact) mass is 340 g/mol. The lowest BCUT2D eigenvalue weighted by Crippen LogP contribution is -2.35. The van der Waals surface area contributed by atoms with Gasteiger partial charge in [-0.15, -0.1) is 0 Å². The summed E-state index contributed by atoms with van der Waals surface area (Å²) in [5, 5.41) is 0. The lowest BCUT2D eigenvalue weighted by atomic mass is 10.0. The number of benzene rings is 2. The topological polar surface area (TPSA) is 64.8 Å². The van der Waals surface area contributed by atoms with Gasteiger partial charge in [0, 0.05) is 5.92 Å². The van der Waals surface area contributed by atoms with Crippen LogP contribution in [-0.2, 0) is 11.2 Å². The van der Waals surface area contributed by atoms with Crippen LogP contribution in [0.25, 0.3) is 0 Å². The number of hydrogen-bond donors (Lipinski definition) is 1. The van der Waals surface area contributed by atoms with Gasteiger partial charge in [-0.2, -0.15) is 0 Å². The van der Waals surface area contributed by atoms with E-state index in [1.807, 2.05) is 49.4 Å². The molecular formula is C20H24N2O3. The molecular weight excluding hydrogens is 316 g/mol. The zero-order chi connectivity index (χ0) is 17.6. The van der Waals surface area contributed by atoms with Gasteiger partial charge in [-0.05, 0) is 36.2 Å². The smallest absolute Gasteiger partial charge is 0.220 e. The molecule has 1 atom stereocenters. The predicted octanol–water partition coefficient (Wildman–Crippen LogP) is 2.63. The summed E-state index contributed by atoms with van der Waals surface area (Å²) in [5.41, 5.74) is 7.51. The number of nitrogens with zero attached hydrogens (tertiary/aromatic N) is 1. The average molecular weight is 340 g/mol. The van der Waals surface area contributed by atoms with Crippen molar-refractivity contribution in [3.05, 3.63) is 54.1 Å². The number of rotatable bonds is 7. The lowest BCUT2D eigenvalue weighted by Gasteiger charge is -2.31. The molecule has 0 aromatic heterocycles. The molecule has 0 aliphatic carbocycles. The Bertz CT molecular complexity index is 715. The highest BCUT2D eigenvalue weighted by Crippen LogP contribution is 2.30. The van der Waals surface area contributed by atoms with E-state index in [-0.39, 0.29) is 11.8 Å². The number of anilines is 1. The van der Waals surface area contributed by atoms with E-state index >= 15 is 0 Å². The summed E-state index contributed by atoms with van der Waals surface area (Å²) in [5.74, 6) is 1.33. The van der Waals surface area contributed by atoms with Crippen LogP contribution in [0, 0.1) is 5.92 Å². The average Bonchev–Trinajstić information content (AvgIpc) is 2.63. The van der Waals surface area contributed by atoms with Gasteiger partial charge in [-0.3, -0.25) is 4.79 Å². The number of amides is 1. The number of primary amides is 1. The van der Waals surface area contributed by atoms with Crippen LogP contribution in [0.15, 0.2) is 48.5 Å². The first-order chi connectivity index (χ1) is 12.1. The third-order valence-corrected chi connectivity index (χ3v) is 4.41. The normalized spacial score (nSPS) is 14.4. The van der Waals surface area contributed by atoms with Crippen LogP contribution < -0.4 is 20.1 Å². The van der Waals surface area contributed by atoms with E-state index in [0.29, 0.717) is 19.6 Å². The summed E-state index contributed by atoms with van der Waals surface area (Å²) >= 11 is 0. The number of ether oxygens (including phenoxy) is 2. The highest BCUT2D eigenvalue weighted by molar-refractivity contribution is 5.76. The Morgan fingerprint density at radius 2 is 2.00 bits per heavy atom. The first-order valence-electron chi connectivity index (χ1n) is 8.61. The fourth-order valence-electron chi connectivity index (χ4n) is 2.91. The zero-order valence-corrected chi connectivity index (χ0v) is 14.5.